The van der Waals surface area contributed by atoms with Crippen LogP contribution in [0.25, 0.3) is 0 Å². The topological polar surface area (TPSA) is 136 Å². The summed E-state index contributed by atoms with van der Waals surface area (Å²) in [5.74, 6) is -2.49. The van der Waals surface area contributed by atoms with Gasteiger partial charge >= 0.3 is 17.9 Å². The molecule has 3 unspecified atom stereocenters. The fraction of sp³-hybridized carbons (Fsp3) is 0.778. The highest BCUT2D eigenvalue weighted by Gasteiger charge is 2.22. The van der Waals surface area contributed by atoms with Crippen molar-refractivity contribution in [3.63, 3.8) is 0 Å². The summed E-state index contributed by atoms with van der Waals surface area (Å²) in [5.41, 5.74) is 0. The van der Waals surface area contributed by atoms with Crippen molar-refractivity contribution < 1.29 is 43.6 Å². The van der Waals surface area contributed by atoms with Crippen LogP contribution < -0.4 is 0 Å². The standard InChI is InChI=1S/C18H30O9/c1-4-12(19)7-16(22)25-10-15(27-18(24)9-14(21)6-3)11-26-17(23)8-13(20)5-2/h12,14-15,19,21H,4-11H2,1-3H3. The number of hydrogen-bond donors (Lipinski definition) is 2. The first-order valence-electron chi connectivity index (χ1n) is 9.10. The summed E-state index contributed by atoms with van der Waals surface area (Å²) in [5, 5.41) is 18.9. The largest absolute Gasteiger partial charge is 0.462 e. The smallest absolute Gasteiger partial charge is 0.313 e. The molecule has 0 rings (SSSR count). The summed E-state index contributed by atoms with van der Waals surface area (Å²) >= 11 is 0. The zero-order valence-electron chi connectivity index (χ0n) is 16.1. The first kappa shape index (κ1) is 25.0. The van der Waals surface area contributed by atoms with Gasteiger partial charge in [0, 0.05) is 6.42 Å². The van der Waals surface area contributed by atoms with Gasteiger partial charge in [0.25, 0.3) is 0 Å². The third kappa shape index (κ3) is 12.9. The molecule has 156 valence electrons. The van der Waals surface area contributed by atoms with Gasteiger partial charge < -0.3 is 24.4 Å². The Kier molecular flexibility index (Phi) is 13.1. The van der Waals surface area contributed by atoms with Gasteiger partial charge in [0.05, 0.1) is 25.0 Å². The number of aliphatic hydroxyl groups is 2. The van der Waals surface area contributed by atoms with E-state index in [0.717, 1.165) is 0 Å². The van der Waals surface area contributed by atoms with Gasteiger partial charge in [0.2, 0.25) is 0 Å². The average molecular weight is 390 g/mol. The van der Waals surface area contributed by atoms with E-state index in [4.69, 9.17) is 14.2 Å². The van der Waals surface area contributed by atoms with Crippen LogP contribution in [0.15, 0.2) is 0 Å². The van der Waals surface area contributed by atoms with Gasteiger partial charge in [-0.05, 0) is 12.8 Å². The van der Waals surface area contributed by atoms with Crippen molar-refractivity contribution in [2.45, 2.75) is 77.6 Å². The van der Waals surface area contributed by atoms with Gasteiger partial charge in [-0.2, -0.15) is 0 Å². The highest BCUT2D eigenvalue weighted by atomic mass is 16.6. The van der Waals surface area contributed by atoms with Crippen LogP contribution in [0.4, 0.5) is 0 Å². The van der Waals surface area contributed by atoms with Crippen LogP contribution in [0.3, 0.4) is 0 Å². The van der Waals surface area contributed by atoms with Crippen molar-refractivity contribution in [3.05, 3.63) is 0 Å². The molecule has 9 heteroatoms. The predicted molar refractivity (Wildman–Crippen MR) is 93.5 cm³/mol. The maximum atomic E-state index is 11.8. The maximum Gasteiger partial charge on any atom is 0.313 e. The molecule has 0 saturated carbocycles. The van der Waals surface area contributed by atoms with E-state index in [9.17, 15) is 29.4 Å². The first-order valence-corrected chi connectivity index (χ1v) is 9.10. The van der Waals surface area contributed by atoms with Crippen LogP contribution in [-0.2, 0) is 33.4 Å². The van der Waals surface area contributed by atoms with Crippen molar-refractivity contribution in [3.8, 4) is 0 Å². The normalized spacial score (nSPS) is 14.0. The quantitative estimate of drug-likeness (QED) is 0.249. The van der Waals surface area contributed by atoms with Crippen LogP contribution in [0.1, 0.15) is 59.3 Å². The molecule has 3 atom stereocenters. The highest BCUT2D eigenvalue weighted by molar-refractivity contribution is 5.95. The van der Waals surface area contributed by atoms with E-state index in [1.165, 1.54) is 0 Å². The van der Waals surface area contributed by atoms with Gasteiger partial charge in [-0.15, -0.1) is 0 Å². The fourth-order valence-electron chi connectivity index (χ4n) is 1.79. The molecule has 0 bridgehead atoms. The van der Waals surface area contributed by atoms with E-state index >= 15 is 0 Å². The second kappa shape index (κ2) is 14.1. The summed E-state index contributed by atoms with van der Waals surface area (Å²) in [7, 11) is 0. The Balaban J connectivity index is 4.64. The molecule has 0 saturated heterocycles. The predicted octanol–water partition coefficient (Wildman–Crippen LogP) is 0.676. The summed E-state index contributed by atoms with van der Waals surface area (Å²) in [6.45, 7) is 4.25. The molecule has 27 heavy (non-hydrogen) atoms. The molecule has 0 spiro atoms. The van der Waals surface area contributed by atoms with Crippen molar-refractivity contribution >= 4 is 23.7 Å². The Morgan fingerprint density at radius 3 is 1.74 bits per heavy atom. The van der Waals surface area contributed by atoms with E-state index in [0.29, 0.717) is 12.8 Å². The zero-order valence-corrected chi connectivity index (χ0v) is 16.1. The molecule has 0 fully saturated rings. The molecule has 0 amide bonds. The van der Waals surface area contributed by atoms with Crippen molar-refractivity contribution in [2.75, 3.05) is 13.2 Å². The van der Waals surface area contributed by atoms with Crippen LogP contribution in [0, 0.1) is 0 Å². The summed E-state index contributed by atoms with van der Waals surface area (Å²) < 4.78 is 14.9. The Bertz CT molecular complexity index is 489. The lowest BCUT2D eigenvalue weighted by molar-refractivity contribution is -0.168. The number of carbonyl (C=O) groups is 4. The summed E-state index contributed by atoms with van der Waals surface area (Å²) in [4.78, 5) is 46.3. The average Bonchev–Trinajstić information content (AvgIpc) is 2.63. The lowest BCUT2D eigenvalue weighted by Gasteiger charge is -2.19. The van der Waals surface area contributed by atoms with Gasteiger partial charge in [-0.3, -0.25) is 19.2 Å². The second-order valence-electron chi connectivity index (χ2n) is 6.08. The van der Waals surface area contributed by atoms with Crippen LogP contribution >= 0.6 is 0 Å². The zero-order chi connectivity index (χ0) is 20.8. The summed E-state index contributed by atoms with van der Waals surface area (Å²) in [6, 6.07) is 0. The van der Waals surface area contributed by atoms with Crippen molar-refractivity contribution in [1.29, 1.82) is 0 Å². The van der Waals surface area contributed by atoms with Crippen LogP contribution in [0.5, 0.6) is 0 Å². The van der Waals surface area contributed by atoms with Gasteiger partial charge in [0.1, 0.15) is 25.4 Å². The molecule has 0 aliphatic carbocycles. The Morgan fingerprint density at radius 2 is 1.26 bits per heavy atom. The van der Waals surface area contributed by atoms with E-state index in [2.05, 4.69) is 0 Å². The molecular formula is C18H30O9. The third-order valence-electron chi connectivity index (χ3n) is 3.64. The third-order valence-corrected chi connectivity index (χ3v) is 3.64. The first-order chi connectivity index (χ1) is 12.7. The van der Waals surface area contributed by atoms with Gasteiger partial charge in [0.15, 0.2) is 6.10 Å². The van der Waals surface area contributed by atoms with E-state index < -0.39 is 49.2 Å². The molecule has 0 aliphatic rings. The van der Waals surface area contributed by atoms with Gasteiger partial charge in [-0.25, -0.2) is 0 Å². The molecule has 0 aromatic rings. The maximum absolute atomic E-state index is 11.8. The van der Waals surface area contributed by atoms with E-state index in [1.807, 2.05) is 0 Å². The molecule has 0 aromatic carbocycles. The minimum Gasteiger partial charge on any atom is -0.462 e. The number of carbonyl (C=O) groups excluding carboxylic acids is 4. The fourth-order valence-corrected chi connectivity index (χ4v) is 1.79. The Hall–Kier alpha value is -2.00. The second-order valence-corrected chi connectivity index (χ2v) is 6.08. The number of ketones is 1. The molecular weight excluding hydrogens is 360 g/mol. The van der Waals surface area contributed by atoms with Crippen LogP contribution in [-0.4, -0.2) is 65.4 Å². The van der Waals surface area contributed by atoms with Crippen molar-refractivity contribution in [2.24, 2.45) is 0 Å². The minimum atomic E-state index is -1.08. The lowest BCUT2D eigenvalue weighted by atomic mass is 10.2. The van der Waals surface area contributed by atoms with Crippen LogP contribution in [0.2, 0.25) is 0 Å². The number of Topliss-reactive ketones (excluding diaryl/α,β-unsaturated/α-hetero) is 1. The minimum absolute atomic E-state index is 0.194. The molecule has 2 N–H and O–H groups in total. The molecule has 9 nitrogen and oxygen atoms in total. The van der Waals surface area contributed by atoms with Crippen molar-refractivity contribution in [1.82, 2.24) is 0 Å². The monoisotopic (exact) mass is 390 g/mol. The summed E-state index contributed by atoms with van der Waals surface area (Å²) in [6.07, 6.45) is -2.71. The Morgan fingerprint density at radius 1 is 0.778 bits per heavy atom. The molecule has 0 aliphatic heterocycles. The highest BCUT2D eigenvalue weighted by Crippen LogP contribution is 2.06. The lowest BCUT2D eigenvalue weighted by Crippen LogP contribution is -2.32. The molecule has 0 radical (unpaired) electrons. The number of rotatable bonds is 14. The number of esters is 3. The SMILES string of the molecule is CCC(=O)CC(=O)OCC(COC(=O)CC(O)CC)OC(=O)CC(O)CC. The Labute approximate surface area is 159 Å². The van der Waals surface area contributed by atoms with E-state index in [1.54, 1.807) is 20.8 Å². The number of aliphatic hydroxyl groups excluding tert-OH is 2. The van der Waals surface area contributed by atoms with Gasteiger partial charge in [-0.1, -0.05) is 20.8 Å². The number of ether oxygens (including phenoxy) is 3. The molecule has 0 aromatic heterocycles. The molecule has 0 heterocycles. The number of hydrogen-bond acceptors (Lipinski definition) is 9. The van der Waals surface area contributed by atoms with E-state index in [-0.39, 0.29) is 31.7 Å².